The maximum Gasteiger partial charge on any atom is 0.164 e. The van der Waals surface area contributed by atoms with Gasteiger partial charge < -0.3 is 4.90 Å². The van der Waals surface area contributed by atoms with Crippen LogP contribution in [0.3, 0.4) is 0 Å². The van der Waals surface area contributed by atoms with Crippen molar-refractivity contribution in [1.82, 2.24) is 14.5 Å². The van der Waals surface area contributed by atoms with E-state index in [4.69, 9.17) is 4.98 Å². The van der Waals surface area contributed by atoms with Crippen LogP contribution < -0.4 is 4.90 Å². The predicted octanol–water partition coefficient (Wildman–Crippen LogP) is 5.36. The maximum absolute atomic E-state index is 9.54. The van der Waals surface area contributed by atoms with E-state index in [0.717, 1.165) is 58.9 Å². The molecule has 0 bridgehead atoms. The molecule has 0 N–H and O–H groups in total. The Hall–Kier alpha value is -3.65. The molecule has 5 nitrogen and oxygen atoms in total. The monoisotopic (exact) mass is 407 g/mol. The summed E-state index contributed by atoms with van der Waals surface area (Å²) in [7, 11) is 0. The molecule has 1 aliphatic rings. The van der Waals surface area contributed by atoms with Crippen LogP contribution in [-0.2, 0) is 19.3 Å². The number of nitriles is 1. The van der Waals surface area contributed by atoms with Crippen molar-refractivity contribution in [3.8, 4) is 11.8 Å². The Labute approximate surface area is 182 Å². The summed E-state index contributed by atoms with van der Waals surface area (Å²) in [6.45, 7) is 6.74. The lowest BCUT2D eigenvalue weighted by molar-refractivity contribution is 0.887. The zero-order valence-electron chi connectivity index (χ0n) is 18.2. The van der Waals surface area contributed by atoms with Crippen molar-refractivity contribution in [2.45, 2.75) is 40.0 Å². The third kappa shape index (κ3) is 2.98. The van der Waals surface area contributed by atoms with Crippen molar-refractivity contribution in [3.05, 3.63) is 76.7 Å². The SMILES string of the molecule is CCc1nc2c(C)ccnc2n1-c1ccc2c(c1C)CCc1ccccc1N2CC#N. The van der Waals surface area contributed by atoms with Crippen molar-refractivity contribution in [3.63, 3.8) is 0 Å². The summed E-state index contributed by atoms with van der Waals surface area (Å²) in [5.41, 5.74) is 10.2. The first-order valence-electron chi connectivity index (χ1n) is 10.8. The van der Waals surface area contributed by atoms with E-state index >= 15 is 0 Å². The van der Waals surface area contributed by atoms with E-state index in [9.17, 15) is 5.26 Å². The number of aromatic nitrogens is 3. The van der Waals surface area contributed by atoms with Crippen molar-refractivity contribution in [2.75, 3.05) is 11.4 Å². The first-order chi connectivity index (χ1) is 15.1. The largest absolute Gasteiger partial charge is 0.327 e. The van der Waals surface area contributed by atoms with Crippen LogP contribution in [0.5, 0.6) is 0 Å². The molecule has 0 atom stereocenters. The van der Waals surface area contributed by atoms with Gasteiger partial charge in [0.1, 0.15) is 17.9 Å². The van der Waals surface area contributed by atoms with Gasteiger partial charge in [-0.15, -0.1) is 0 Å². The number of pyridine rings is 1. The summed E-state index contributed by atoms with van der Waals surface area (Å²) in [4.78, 5) is 11.7. The second-order valence-electron chi connectivity index (χ2n) is 8.10. The highest BCUT2D eigenvalue weighted by molar-refractivity contribution is 5.80. The van der Waals surface area contributed by atoms with Gasteiger partial charge in [0.05, 0.1) is 11.8 Å². The van der Waals surface area contributed by atoms with Gasteiger partial charge in [0, 0.05) is 24.0 Å². The van der Waals surface area contributed by atoms with Crippen molar-refractivity contribution in [1.29, 1.82) is 5.26 Å². The number of anilines is 2. The summed E-state index contributed by atoms with van der Waals surface area (Å²) in [5, 5.41) is 9.54. The van der Waals surface area contributed by atoms with Crippen LogP contribution in [0, 0.1) is 25.2 Å². The van der Waals surface area contributed by atoms with Crippen LogP contribution >= 0.6 is 0 Å². The summed E-state index contributed by atoms with van der Waals surface area (Å²) in [6.07, 6.45) is 4.59. The molecule has 154 valence electrons. The molecule has 0 fully saturated rings. The molecule has 0 amide bonds. The fourth-order valence-corrected chi connectivity index (χ4v) is 4.79. The highest BCUT2D eigenvalue weighted by Gasteiger charge is 2.24. The Bertz CT molecular complexity index is 1340. The lowest BCUT2D eigenvalue weighted by Gasteiger charge is -2.26. The molecule has 0 saturated carbocycles. The van der Waals surface area contributed by atoms with Crippen LogP contribution in [0.2, 0.25) is 0 Å². The molecule has 31 heavy (non-hydrogen) atoms. The molecular formula is C26H25N5. The number of imidazole rings is 1. The predicted molar refractivity (Wildman–Crippen MR) is 124 cm³/mol. The van der Waals surface area contributed by atoms with Gasteiger partial charge in [0.15, 0.2) is 5.65 Å². The first kappa shape index (κ1) is 19.3. The zero-order chi connectivity index (χ0) is 21.5. The summed E-state index contributed by atoms with van der Waals surface area (Å²) >= 11 is 0. The maximum atomic E-state index is 9.54. The number of nitrogens with zero attached hydrogens (tertiary/aromatic N) is 5. The Kier molecular flexibility index (Phi) is 4.71. The fraction of sp³-hybridized carbons (Fsp3) is 0.269. The summed E-state index contributed by atoms with van der Waals surface area (Å²) in [5.74, 6) is 1.02. The fourth-order valence-electron chi connectivity index (χ4n) is 4.79. The Morgan fingerprint density at radius 2 is 1.81 bits per heavy atom. The number of hydrogen-bond acceptors (Lipinski definition) is 4. The number of hydrogen-bond donors (Lipinski definition) is 0. The van der Waals surface area contributed by atoms with Gasteiger partial charge in [0.2, 0.25) is 0 Å². The quantitative estimate of drug-likeness (QED) is 0.429. The van der Waals surface area contributed by atoms with E-state index in [1.54, 1.807) is 0 Å². The van der Waals surface area contributed by atoms with Gasteiger partial charge in [-0.3, -0.25) is 4.57 Å². The Morgan fingerprint density at radius 1 is 1.00 bits per heavy atom. The van der Waals surface area contributed by atoms with E-state index in [2.05, 4.69) is 77.7 Å². The summed E-state index contributed by atoms with van der Waals surface area (Å²) in [6, 6.07) is 17.1. The second-order valence-corrected chi connectivity index (χ2v) is 8.10. The second kappa shape index (κ2) is 7.55. The third-order valence-electron chi connectivity index (χ3n) is 6.37. The molecule has 1 aliphatic heterocycles. The van der Waals surface area contributed by atoms with Crippen molar-refractivity contribution in [2.24, 2.45) is 0 Å². The van der Waals surface area contributed by atoms with E-state index in [1.807, 2.05) is 12.3 Å². The van der Waals surface area contributed by atoms with E-state index in [0.29, 0.717) is 6.54 Å². The Morgan fingerprint density at radius 3 is 2.61 bits per heavy atom. The minimum absolute atomic E-state index is 0.331. The summed E-state index contributed by atoms with van der Waals surface area (Å²) < 4.78 is 2.21. The van der Waals surface area contributed by atoms with Gasteiger partial charge in [-0.25, -0.2) is 9.97 Å². The minimum atomic E-state index is 0.331. The number of benzene rings is 2. The van der Waals surface area contributed by atoms with Gasteiger partial charge in [-0.1, -0.05) is 25.1 Å². The Balaban J connectivity index is 1.74. The molecule has 0 spiro atoms. The third-order valence-corrected chi connectivity index (χ3v) is 6.37. The normalized spacial score (nSPS) is 12.9. The molecule has 0 aliphatic carbocycles. The number of fused-ring (bicyclic) bond motifs is 3. The average Bonchev–Trinajstić information content (AvgIpc) is 3.09. The molecule has 4 aromatic rings. The van der Waals surface area contributed by atoms with Crippen molar-refractivity contribution < 1.29 is 0 Å². The van der Waals surface area contributed by atoms with Gasteiger partial charge in [0.25, 0.3) is 0 Å². The lowest BCUT2D eigenvalue weighted by atomic mass is 9.98. The first-order valence-corrected chi connectivity index (χ1v) is 10.8. The number of rotatable bonds is 3. The van der Waals surface area contributed by atoms with Crippen LogP contribution in [-0.4, -0.2) is 21.1 Å². The molecule has 5 heteroatoms. The molecule has 0 radical (unpaired) electrons. The minimum Gasteiger partial charge on any atom is -0.327 e. The highest BCUT2D eigenvalue weighted by Crippen LogP contribution is 2.39. The molecule has 0 saturated heterocycles. The standard InChI is InChI=1S/C26H25N5/c1-4-24-29-25-17(2)13-15-28-26(25)31(24)21-11-12-23-20(18(21)3)10-9-19-7-5-6-8-22(19)30(23)16-14-27/h5-8,11-13,15H,4,9-10,16H2,1-3H3. The van der Waals surface area contributed by atoms with Crippen LogP contribution in [0.15, 0.2) is 48.7 Å². The lowest BCUT2D eigenvalue weighted by Crippen LogP contribution is -2.19. The molecule has 2 aromatic carbocycles. The zero-order valence-corrected chi connectivity index (χ0v) is 18.2. The van der Waals surface area contributed by atoms with Crippen LogP contribution in [0.1, 0.15) is 35.0 Å². The molecule has 0 unspecified atom stereocenters. The number of para-hydroxylation sites is 1. The molecule has 2 aromatic heterocycles. The van der Waals surface area contributed by atoms with Gasteiger partial charge in [-0.2, -0.15) is 5.26 Å². The van der Waals surface area contributed by atoms with Crippen LogP contribution in [0.25, 0.3) is 16.9 Å². The van der Waals surface area contributed by atoms with E-state index in [-0.39, 0.29) is 0 Å². The van der Waals surface area contributed by atoms with Gasteiger partial charge >= 0.3 is 0 Å². The smallest absolute Gasteiger partial charge is 0.164 e. The average molecular weight is 408 g/mol. The topological polar surface area (TPSA) is 57.7 Å². The van der Waals surface area contributed by atoms with E-state index < -0.39 is 0 Å². The number of aryl methyl sites for hydroxylation is 3. The molecular weight excluding hydrogens is 382 g/mol. The molecule has 5 rings (SSSR count). The van der Waals surface area contributed by atoms with Crippen LogP contribution in [0.4, 0.5) is 11.4 Å². The highest BCUT2D eigenvalue weighted by atomic mass is 15.2. The molecule has 3 heterocycles. The van der Waals surface area contributed by atoms with E-state index in [1.165, 1.54) is 16.7 Å². The van der Waals surface area contributed by atoms with Crippen molar-refractivity contribution >= 4 is 22.5 Å². The van der Waals surface area contributed by atoms with Gasteiger partial charge in [-0.05, 0) is 73.2 Å².